The third-order valence-corrected chi connectivity index (χ3v) is 3.30. The Kier molecular flexibility index (Phi) is 5.38. The molecule has 3 heteroatoms. The smallest absolute Gasteiger partial charge is 0.253 e. The topological polar surface area (TPSA) is 41.1 Å². The van der Waals surface area contributed by atoms with Gasteiger partial charge in [0.15, 0.2) is 0 Å². The summed E-state index contributed by atoms with van der Waals surface area (Å²) in [6, 6.07) is 17.9. The van der Waals surface area contributed by atoms with Gasteiger partial charge in [-0.3, -0.25) is 4.79 Å². The van der Waals surface area contributed by atoms with Crippen LogP contribution in [0.2, 0.25) is 0 Å². The van der Waals surface area contributed by atoms with Crippen LogP contribution in [-0.4, -0.2) is 18.5 Å². The van der Waals surface area contributed by atoms with E-state index >= 15 is 0 Å². The van der Waals surface area contributed by atoms with E-state index in [4.69, 9.17) is 0 Å². The van der Waals surface area contributed by atoms with Crippen LogP contribution in [0.4, 0.5) is 5.69 Å². The van der Waals surface area contributed by atoms with Crippen molar-refractivity contribution in [3.8, 4) is 0 Å². The summed E-state index contributed by atoms with van der Waals surface area (Å²) in [5, 5.41) is 6.28. The molecule has 0 aliphatic rings. The number of hydrogen-bond acceptors (Lipinski definition) is 2. The van der Waals surface area contributed by atoms with Crippen LogP contribution < -0.4 is 10.6 Å². The van der Waals surface area contributed by atoms with Crippen molar-refractivity contribution in [2.45, 2.75) is 26.3 Å². The van der Waals surface area contributed by atoms with Crippen molar-refractivity contribution in [3.05, 3.63) is 65.7 Å². The first-order valence-electron chi connectivity index (χ1n) is 7.38. The van der Waals surface area contributed by atoms with Gasteiger partial charge in [-0.2, -0.15) is 0 Å². The molecule has 0 aliphatic heterocycles. The van der Waals surface area contributed by atoms with E-state index in [2.05, 4.69) is 22.8 Å². The third kappa shape index (κ3) is 4.35. The quantitative estimate of drug-likeness (QED) is 0.851. The Hall–Kier alpha value is -2.29. The van der Waals surface area contributed by atoms with Crippen LogP contribution in [0.1, 0.15) is 29.8 Å². The standard InChI is InChI=1S/C18H22N2O/c1-3-19-17-12-8-7-11-16(17)18(21)20-14(2)13-15-9-5-4-6-10-15/h4-12,14,19H,3,13H2,1-2H3,(H,20,21). The first kappa shape index (κ1) is 15.1. The number of amides is 1. The van der Waals surface area contributed by atoms with Crippen molar-refractivity contribution in [2.24, 2.45) is 0 Å². The number of anilines is 1. The van der Waals surface area contributed by atoms with E-state index < -0.39 is 0 Å². The highest BCUT2D eigenvalue weighted by atomic mass is 16.1. The van der Waals surface area contributed by atoms with E-state index in [1.807, 2.05) is 56.3 Å². The maximum Gasteiger partial charge on any atom is 0.253 e. The van der Waals surface area contributed by atoms with Gasteiger partial charge in [-0.15, -0.1) is 0 Å². The Labute approximate surface area is 126 Å². The molecule has 2 aromatic carbocycles. The van der Waals surface area contributed by atoms with Gasteiger partial charge in [0.1, 0.15) is 0 Å². The van der Waals surface area contributed by atoms with E-state index in [1.54, 1.807) is 0 Å². The largest absolute Gasteiger partial charge is 0.385 e. The minimum absolute atomic E-state index is 0.0324. The van der Waals surface area contributed by atoms with Gasteiger partial charge in [0, 0.05) is 18.3 Å². The molecule has 110 valence electrons. The highest BCUT2D eigenvalue weighted by Gasteiger charge is 2.13. The lowest BCUT2D eigenvalue weighted by Crippen LogP contribution is -2.34. The summed E-state index contributed by atoms with van der Waals surface area (Å²) in [4.78, 5) is 12.4. The molecule has 0 aromatic heterocycles. The molecule has 0 radical (unpaired) electrons. The number of para-hydroxylation sites is 1. The molecular formula is C18H22N2O. The van der Waals surface area contributed by atoms with Crippen molar-refractivity contribution in [2.75, 3.05) is 11.9 Å². The average Bonchev–Trinajstić information content (AvgIpc) is 2.49. The highest BCUT2D eigenvalue weighted by Crippen LogP contribution is 2.15. The summed E-state index contributed by atoms with van der Waals surface area (Å²) in [5.41, 5.74) is 2.80. The van der Waals surface area contributed by atoms with Crippen LogP contribution in [0.15, 0.2) is 54.6 Å². The van der Waals surface area contributed by atoms with Crippen LogP contribution in [-0.2, 0) is 6.42 Å². The average molecular weight is 282 g/mol. The van der Waals surface area contributed by atoms with Gasteiger partial charge in [-0.05, 0) is 38.0 Å². The summed E-state index contributed by atoms with van der Waals surface area (Å²) < 4.78 is 0. The number of benzene rings is 2. The van der Waals surface area contributed by atoms with Crippen molar-refractivity contribution in [1.29, 1.82) is 0 Å². The molecule has 0 fully saturated rings. The summed E-state index contributed by atoms with van der Waals surface area (Å²) in [6.07, 6.45) is 0.829. The van der Waals surface area contributed by atoms with Gasteiger partial charge in [0.2, 0.25) is 0 Å². The fourth-order valence-corrected chi connectivity index (χ4v) is 2.35. The number of rotatable bonds is 6. The fraction of sp³-hybridized carbons (Fsp3) is 0.278. The Morgan fingerprint density at radius 1 is 1.05 bits per heavy atom. The second-order valence-corrected chi connectivity index (χ2v) is 5.14. The Morgan fingerprint density at radius 3 is 2.43 bits per heavy atom. The summed E-state index contributed by atoms with van der Waals surface area (Å²) in [6.45, 7) is 4.84. The molecule has 2 aromatic rings. The van der Waals surface area contributed by atoms with E-state index in [1.165, 1.54) is 5.56 Å². The maximum atomic E-state index is 12.4. The molecule has 0 aliphatic carbocycles. The van der Waals surface area contributed by atoms with Gasteiger partial charge >= 0.3 is 0 Å². The Balaban J connectivity index is 2.01. The van der Waals surface area contributed by atoms with Crippen LogP contribution in [0, 0.1) is 0 Å². The zero-order valence-corrected chi connectivity index (χ0v) is 12.6. The van der Waals surface area contributed by atoms with Gasteiger partial charge < -0.3 is 10.6 Å². The first-order valence-corrected chi connectivity index (χ1v) is 7.38. The van der Waals surface area contributed by atoms with Crippen molar-refractivity contribution in [1.82, 2.24) is 5.32 Å². The molecule has 0 saturated carbocycles. The fourth-order valence-electron chi connectivity index (χ4n) is 2.35. The van der Waals surface area contributed by atoms with Crippen LogP contribution in [0.25, 0.3) is 0 Å². The zero-order valence-electron chi connectivity index (χ0n) is 12.6. The molecule has 3 nitrogen and oxygen atoms in total. The molecular weight excluding hydrogens is 260 g/mol. The van der Waals surface area contributed by atoms with Crippen molar-refractivity contribution >= 4 is 11.6 Å². The van der Waals surface area contributed by atoms with E-state index in [-0.39, 0.29) is 11.9 Å². The lowest BCUT2D eigenvalue weighted by atomic mass is 10.1. The van der Waals surface area contributed by atoms with Crippen molar-refractivity contribution in [3.63, 3.8) is 0 Å². The predicted octanol–water partition coefficient (Wildman–Crippen LogP) is 3.48. The number of hydrogen-bond donors (Lipinski definition) is 2. The lowest BCUT2D eigenvalue weighted by Gasteiger charge is -2.16. The molecule has 0 bridgehead atoms. The molecule has 0 heterocycles. The monoisotopic (exact) mass is 282 g/mol. The third-order valence-electron chi connectivity index (χ3n) is 3.30. The first-order chi connectivity index (χ1) is 10.2. The van der Waals surface area contributed by atoms with Gasteiger partial charge in [0.25, 0.3) is 5.91 Å². The second kappa shape index (κ2) is 7.48. The Bertz CT molecular complexity index is 581. The minimum atomic E-state index is -0.0324. The highest BCUT2D eigenvalue weighted by molar-refractivity contribution is 5.99. The molecule has 1 unspecified atom stereocenters. The van der Waals surface area contributed by atoms with Gasteiger partial charge in [0.05, 0.1) is 5.56 Å². The van der Waals surface area contributed by atoms with Crippen LogP contribution >= 0.6 is 0 Å². The predicted molar refractivity (Wildman–Crippen MR) is 87.7 cm³/mol. The summed E-state index contributed by atoms with van der Waals surface area (Å²) in [5.74, 6) is -0.0324. The lowest BCUT2D eigenvalue weighted by molar-refractivity contribution is 0.0941. The van der Waals surface area contributed by atoms with Gasteiger partial charge in [-0.1, -0.05) is 42.5 Å². The Morgan fingerprint density at radius 2 is 1.71 bits per heavy atom. The maximum absolute atomic E-state index is 12.4. The molecule has 0 spiro atoms. The second-order valence-electron chi connectivity index (χ2n) is 5.14. The number of carbonyl (C=O) groups is 1. The van der Waals surface area contributed by atoms with Crippen LogP contribution in [0.5, 0.6) is 0 Å². The summed E-state index contributed by atoms with van der Waals surface area (Å²) >= 11 is 0. The number of nitrogens with one attached hydrogen (secondary N) is 2. The SMILES string of the molecule is CCNc1ccccc1C(=O)NC(C)Cc1ccccc1. The molecule has 0 saturated heterocycles. The summed E-state index contributed by atoms with van der Waals surface area (Å²) in [7, 11) is 0. The van der Waals surface area contributed by atoms with Gasteiger partial charge in [-0.25, -0.2) is 0 Å². The van der Waals surface area contributed by atoms with E-state index in [0.717, 1.165) is 18.7 Å². The molecule has 1 atom stereocenters. The molecule has 21 heavy (non-hydrogen) atoms. The van der Waals surface area contributed by atoms with E-state index in [0.29, 0.717) is 5.56 Å². The number of carbonyl (C=O) groups excluding carboxylic acids is 1. The zero-order chi connectivity index (χ0) is 15.1. The van der Waals surface area contributed by atoms with Crippen molar-refractivity contribution < 1.29 is 4.79 Å². The van der Waals surface area contributed by atoms with Crippen LogP contribution in [0.3, 0.4) is 0 Å². The van der Waals surface area contributed by atoms with E-state index in [9.17, 15) is 4.79 Å². The molecule has 1 amide bonds. The molecule has 2 rings (SSSR count). The minimum Gasteiger partial charge on any atom is -0.385 e. The molecule has 2 N–H and O–H groups in total. The normalized spacial score (nSPS) is 11.7.